The van der Waals surface area contributed by atoms with Crippen LogP contribution in [0.4, 0.5) is 5.69 Å². The molecule has 0 radical (unpaired) electrons. The van der Waals surface area contributed by atoms with Gasteiger partial charge in [0.1, 0.15) is 9.71 Å². The highest BCUT2D eigenvalue weighted by atomic mass is 32.1. The maximum Gasteiger partial charge on any atom is 0.348 e. The van der Waals surface area contributed by atoms with E-state index in [4.69, 9.17) is 4.74 Å². The van der Waals surface area contributed by atoms with Crippen molar-refractivity contribution in [1.29, 1.82) is 0 Å². The molecule has 0 aliphatic heterocycles. The molecule has 1 unspecified atom stereocenters. The standard InChI is InChI=1S/C23H25N3O5S/c1-12(2)10-31-23(30)20-13(3)18-21(32-20)24-11-26(22(18)29)14(4)19(28)16-6-8-17(9-7-16)25-15(5)27/h6-9,11-12,14H,10H2,1-5H3,(H,25,27). The number of benzene rings is 1. The predicted octanol–water partition coefficient (Wildman–Crippen LogP) is 3.98. The van der Waals surface area contributed by atoms with Gasteiger partial charge < -0.3 is 10.1 Å². The van der Waals surface area contributed by atoms with Crippen LogP contribution in [-0.2, 0) is 9.53 Å². The van der Waals surface area contributed by atoms with E-state index in [-0.39, 0.29) is 29.8 Å². The fourth-order valence-corrected chi connectivity index (χ4v) is 4.24. The molecule has 8 nitrogen and oxygen atoms in total. The number of aromatic nitrogens is 2. The minimum absolute atomic E-state index is 0.197. The molecule has 1 atom stereocenters. The number of hydrogen-bond acceptors (Lipinski definition) is 7. The van der Waals surface area contributed by atoms with E-state index in [9.17, 15) is 19.2 Å². The van der Waals surface area contributed by atoms with Crippen LogP contribution < -0.4 is 10.9 Å². The minimum atomic E-state index is -0.804. The Morgan fingerprint density at radius 2 is 1.81 bits per heavy atom. The predicted molar refractivity (Wildman–Crippen MR) is 124 cm³/mol. The van der Waals surface area contributed by atoms with Gasteiger partial charge in [-0.1, -0.05) is 13.8 Å². The summed E-state index contributed by atoms with van der Waals surface area (Å²) < 4.78 is 6.57. The molecule has 2 heterocycles. The fraction of sp³-hybridized carbons (Fsp3) is 0.348. The highest BCUT2D eigenvalue weighted by Gasteiger charge is 2.24. The Bertz CT molecular complexity index is 1240. The number of aryl methyl sites for hydroxylation is 1. The van der Waals surface area contributed by atoms with Crippen LogP contribution in [0.1, 0.15) is 59.3 Å². The maximum atomic E-state index is 13.2. The van der Waals surface area contributed by atoms with Crippen molar-refractivity contribution in [3.8, 4) is 0 Å². The van der Waals surface area contributed by atoms with E-state index in [0.29, 0.717) is 31.9 Å². The highest BCUT2D eigenvalue weighted by Crippen LogP contribution is 2.28. The SMILES string of the molecule is CC(=O)Nc1ccc(C(=O)C(C)n2cnc3sc(C(=O)OCC(C)C)c(C)c3c2=O)cc1. The zero-order chi connectivity index (χ0) is 23.6. The third-order valence-corrected chi connectivity index (χ3v) is 6.08. The smallest absolute Gasteiger partial charge is 0.348 e. The molecule has 1 amide bonds. The molecule has 168 valence electrons. The topological polar surface area (TPSA) is 107 Å². The van der Waals surface area contributed by atoms with Crippen molar-refractivity contribution in [2.45, 2.75) is 40.7 Å². The molecule has 32 heavy (non-hydrogen) atoms. The summed E-state index contributed by atoms with van der Waals surface area (Å²) in [5.74, 6) is -0.759. The Morgan fingerprint density at radius 1 is 1.16 bits per heavy atom. The number of nitrogens with zero attached hydrogens (tertiary/aromatic N) is 2. The van der Waals surface area contributed by atoms with Crippen molar-refractivity contribution in [2.24, 2.45) is 5.92 Å². The molecule has 1 aromatic carbocycles. The lowest BCUT2D eigenvalue weighted by molar-refractivity contribution is -0.114. The number of Topliss-reactive ketones (excluding diaryl/α,β-unsaturated/α-hetero) is 1. The van der Waals surface area contributed by atoms with Crippen LogP contribution in [0, 0.1) is 12.8 Å². The summed E-state index contributed by atoms with van der Waals surface area (Å²) in [5.41, 5.74) is 1.10. The van der Waals surface area contributed by atoms with Gasteiger partial charge in [-0.2, -0.15) is 0 Å². The Morgan fingerprint density at radius 3 is 2.41 bits per heavy atom. The van der Waals surface area contributed by atoms with Gasteiger partial charge in [0.05, 0.1) is 24.4 Å². The van der Waals surface area contributed by atoms with Crippen molar-refractivity contribution in [1.82, 2.24) is 9.55 Å². The summed E-state index contributed by atoms with van der Waals surface area (Å²) in [6.07, 6.45) is 1.33. The average molecular weight is 456 g/mol. The molecule has 0 spiro atoms. The van der Waals surface area contributed by atoms with Gasteiger partial charge in [-0.3, -0.25) is 19.0 Å². The van der Waals surface area contributed by atoms with Gasteiger partial charge in [-0.25, -0.2) is 9.78 Å². The third-order valence-electron chi connectivity index (χ3n) is 4.90. The van der Waals surface area contributed by atoms with Crippen molar-refractivity contribution in [2.75, 3.05) is 11.9 Å². The van der Waals surface area contributed by atoms with E-state index in [2.05, 4.69) is 10.3 Å². The van der Waals surface area contributed by atoms with Crippen molar-refractivity contribution >= 4 is 44.9 Å². The van der Waals surface area contributed by atoms with Gasteiger partial charge in [0, 0.05) is 18.2 Å². The first kappa shape index (κ1) is 23.3. The summed E-state index contributed by atoms with van der Waals surface area (Å²) in [7, 11) is 0. The number of amides is 1. The van der Waals surface area contributed by atoms with Crippen LogP contribution in [0.25, 0.3) is 10.2 Å². The third kappa shape index (κ3) is 4.77. The molecule has 0 bridgehead atoms. The van der Waals surface area contributed by atoms with Crippen LogP contribution in [0.5, 0.6) is 0 Å². The quantitative estimate of drug-likeness (QED) is 0.426. The second kappa shape index (κ2) is 9.44. The number of nitrogens with one attached hydrogen (secondary N) is 1. The minimum Gasteiger partial charge on any atom is -0.461 e. The van der Waals surface area contributed by atoms with Crippen LogP contribution in [0.2, 0.25) is 0 Å². The van der Waals surface area contributed by atoms with Gasteiger partial charge in [0.15, 0.2) is 5.78 Å². The fourth-order valence-electron chi connectivity index (χ4n) is 3.20. The maximum absolute atomic E-state index is 13.2. The number of hydrogen-bond donors (Lipinski definition) is 1. The molecular weight excluding hydrogens is 430 g/mol. The van der Waals surface area contributed by atoms with Crippen molar-refractivity contribution in [3.63, 3.8) is 0 Å². The summed E-state index contributed by atoms with van der Waals surface area (Å²) in [6.45, 7) is 8.88. The number of anilines is 1. The molecule has 3 rings (SSSR count). The average Bonchev–Trinajstić information content (AvgIpc) is 3.08. The van der Waals surface area contributed by atoms with Crippen LogP contribution in [0.3, 0.4) is 0 Å². The highest BCUT2D eigenvalue weighted by molar-refractivity contribution is 7.20. The molecule has 0 aliphatic carbocycles. The summed E-state index contributed by atoms with van der Waals surface area (Å²) in [4.78, 5) is 54.8. The first-order chi connectivity index (χ1) is 15.1. The number of carbonyl (C=O) groups is 3. The second-order valence-corrected chi connectivity index (χ2v) is 8.98. The van der Waals surface area contributed by atoms with Crippen LogP contribution in [-0.4, -0.2) is 33.8 Å². The number of esters is 1. The lowest BCUT2D eigenvalue weighted by Crippen LogP contribution is -2.28. The van der Waals surface area contributed by atoms with Gasteiger partial charge in [0.25, 0.3) is 5.56 Å². The number of fused-ring (bicyclic) bond motifs is 1. The Hall–Kier alpha value is -3.33. The summed E-state index contributed by atoms with van der Waals surface area (Å²) >= 11 is 1.11. The molecule has 0 aliphatic rings. The zero-order valence-corrected chi connectivity index (χ0v) is 19.4. The summed E-state index contributed by atoms with van der Waals surface area (Å²) in [6, 6.07) is 5.65. The van der Waals surface area contributed by atoms with Gasteiger partial charge in [-0.15, -0.1) is 11.3 Å². The zero-order valence-electron chi connectivity index (χ0n) is 18.6. The Labute approximate surface area is 189 Å². The normalized spacial score (nSPS) is 12.1. The number of rotatable bonds is 7. The van der Waals surface area contributed by atoms with Crippen molar-refractivity contribution < 1.29 is 19.1 Å². The molecular formula is C23H25N3O5S. The van der Waals surface area contributed by atoms with E-state index in [1.807, 2.05) is 13.8 Å². The number of ketones is 1. The largest absolute Gasteiger partial charge is 0.461 e. The van der Waals surface area contributed by atoms with Gasteiger partial charge >= 0.3 is 5.97 Å². The number of carbonyl (C=O) groups excluding carboxylic acids is 3. The monoisotopic (exact) mass is 455 g/mol. The molecule has 2 aromatic heterocycles. The molecule has 0 fully saturated rings. The second-order valence-electron chi connectivity index (χ2n) is 7.98. The Balaban J connectivity index is 1.91. The number of ether oxygens (including phenoxy) is 1. The van der Waals surface area contributed by atoms with E-state index < -0.39 is 12.0 Å². The lowest BCUT2D eigenvalue weighted by atomic mass is 10.0. The van der Waals surface area contributed by atoms with Crippen LogP contribution >= 0.6 is 11.3 Å². The molecule has 0 saturated heterocycles. The Kier molecular flexibility index (Phi) is 6.88. The van der Waals surface area contributed by atoms with Crippen LogP contribution in [0.15, 0.2) is 35.4 Å². The molecule has 1 N–H and O–H groups in total. The van der Waals surface area contributed by atoms with Gasteiger partial charge in [0.2, 0.25) is 5.91 Å². The molecule has 3 aromatic rings. The van der Waals surface area contributed by atoms with E-state index in [0.717, 1.165) is 11.3 Å². The van der Waals surface area contributed by atoms with E-state index in [1.165, 1.54) is 17.8 Å². The first-order valence-corrected chi connectivity index (χ1v) is 11.0. The van der Waals surface area contributed by atoms with Gasteiger partial charge in [-0.05, 0) is 49.6 Å². The van der Waals surface area contributed by atoms with E-state index >= 15 is 0 Å². The summed E-state index contributed by atoms with van der Waals surface area (Å²) in [5, 5.41) is 2.96. The molecule has 9 heteroatoms. The molecule has 0 saturated carbocycles. The lowest BCUT2D eigenvalue weighted by Gasteiger charge is -2.14. The van der Waals surface area contributed by atoms with E-state index in [1.54, 1.807) is 38.1 Å². The van der Waals surface area contributed by atoms with Crippen molar-refractivity contribution in [3.05, 3.63) is 57.0 Å². The number of thiophene rings is 1. The first-order valence-electron chi connectivity index (χ1n) is 10.2.